The van der Waals surface area contributed by atoms with Crippen molar-refractivity contribution in [3.8, 4) is 5.75 Å². The molecule has 0 saturated heterocycles. The van der Waals surface area contributed by atoms with Crippen LogP contribution in [0.4, 0.5) is 5.69 Å². The van der Waals surface area contributed by atoms with Crippen LogP contribution in [-0.2, 0) is 26.2 Å². The maximum atomic E-state index is 13.9. The highest BCUT2D eigenvalue weighted by atomic mass is 35.5. The van der Waals surface area contributed by atoms with Crippen molar-refractivity contribution in [2.45, 2.75) is 37.8 Å². The molecular weight excluding hydrogens is 526 g/mol. The highest BCUT2D eigenvalue weighted by Crippen LogP contribution is 2.27. The van der Waals surface area contributed by atoms with E-state index in [2.05, 4.69) is 5.32 Å². The summed E-state index contributed by atoms with van der Waals surface area (Å²) in [5.74, 6) is -0.324. The number of hydrogen-bond donors (Lipinski definition) is 1. The van der Waals surface area contributed by atoms with Gasteiger partial charge in [0.2, 0.25) is 11.8 Å². The van der Waals surface area contributed by atoms with E-state index in [1.807, 2.05) is 0 Å². The number of nitrogens with one attached hydrogen (secondary N) is 1. The predicted molar refractivity (Wildman–Crippen MR) is 149 cm³/mol. The lowest BCUT2D eigenvalue weighted by Gasteiger charge is -2.33. The maximum Gasteiger partial charge on any atom is 0.264 e. The van der Waals surface area contributed by atoms with Gasteiger partial charge in [0.05, 0.1) is 17.7 Å². The summed E-state index contributed by atoms with van der Waals surface area (Å²) >= 11 is 6.39. The Balaban J connectivity index is 2.06. The van der Waals surface area contributed by atoms with E-state index >= 15 is 0 Å². The Kier molecular flexibility index (Phi) is 10.2. The lowest BCUT2D eigenvalue weighted by molar-refractivity contribution is -0.140. The van der Waals surface area contributed by atoms with Gasteiger partial charge in [-0.1, -0.05) is 54.9 Å². The molecule has 1 N–H and O–H groups in total. The molecular formula is C28H32ClN3O5S. The average molecular weight is 558 g/mol. The van der Waals surface area contributed by atoms with Crippen molar-refractivity contribution in [1.29, 1.82) is 0 Å². The van der Waals surface area contributed by atoms with Crippen molar-refractivity contribution in [2.75, 3.05) is 24.5 Å². The van der Waals surface area contributed by atoms with Gasteiger partial charge in [-0.25, -0.2) is 8.42 Å². The number of likely N-dealkylation sites (N-methyl/N-ethyl adjacent to an activating group) is 1. The van der Waals surface area contributed by atoms with Gasteiger partial charge in [-0.3, -0.25) is 13.9 Å². The number of ether oxygens (including phenoxy) is 1. The minimum Gasteiger partial charge on any atom is -0.497 e. The highest BCUT2D eigenvalue weighted by molar-refractivity contribution is 7.92. The number of anilines is 1. The smallest absolute Gasteiger partial charge is 0.264 e. The molecule has 2 amide bonds. The Morgan fingerprint density at radius 1 is 0.947 bits per heavy atom. The molecule has 1 atom stereocenters. The zero-order chi connectivity index (χ0) is 27.7. The monoisotopic (exact) mass is 557 g/mol. The fourth-order valence-electron chi connectivity index (χ4n) is 4.02. The summed E-state index contributed by atoms with van der Waals surface area (Å²) in [6, 6.07) is 20.5. The highest BCUT2D eigenvalue weighted by Gasteiger charge is 2.33. The molecule has 0 heterocycles. The summed E-state index contributed by atoms with van der Waals surface area (Å²) in [6.45, 7) is 3.50. The number of sulfonamides is 1. The summed E-state index contributed by atoms with van der Waals surface area (Å²) in [5.41, 5.74) is 0.930. The molecule has 8 nitrogen and oxygen atoms in total. The van der Waals surface area contributed by atoms with Crippen LogP contribution in [0.3, 0.4) is 0 Å². The average Bonchev–Trinajstić information content (AvgIpc) is 2.93. The number of nitrogens with zero attached hydrogens (tertiary/aromatic N) is 2. The molecule has 0 saturated carbocycles. The van der Waals surface area contributed by atoms with Gasteiger partial charge >= 0.3 is 0 Å². The normalized spacial score (nSPS) is 11.9. The number of amides is 2. The lowest BCUT2D eigenvalue weighted by Crippen LogP contribution is -2.52. The molecule has 3 aromatic rings. The number of rotatable bonds is 12. The SMILES string of the molecule is CCNC(=O)[C@H](CC)N(Cc1ccccc1Cl)C(=O)CN(c1ccc(OC)cc1)S(=O)(=O)c1ccccc1. The molecule has 38 heavy (non-hydrogen) atoms. The van der Waals surface area contributed by atoms with Crippen molar-refractivity contribution in [3.05, 3.63) is 89.4 Å². The van der Waals surface area contributed by atoms with Crippen molar-refractivity contribution >= 4 is 39.1 Å². The molecule has 0 aliphatic rings. The number of benzene rings is 3. The summed E-state index contributed by atoms with van der Waals surface area (Å²) < 4.78 is 33.8. The lowest BCUT2D eigenvalue weighted by atomic mass is 10.1. The molecule has 0 fully saturated rings. The third kappa shape index (κ3) is 6.85. The van der Waals surface area contributed by atoms with Crippen LogP contribution in [-0.4, -0.2) is 51.4 Å². The van der Waals surface area contributed by atoms with Crippen LogP contribution < -0.4 is 14.4 Å². The fourth-order valence-corrected chi connectivity index (χ4v) is 5.65. The quantitative estimate of drug-likeness (QED) is 0.354. The van der Waals surface area contributed by atoms with Crippen molar-refractivity contribution in [3.63, 3.8) is 0 Å². The molecule has 202 valence electrons. The van der Waals surface area contributed by atoms with E-state index in [-0.39, 0.29) is 23.0 Å². The summed E-state index contributed by atoms with van der Waals surface area (Å²) in [4.78, 5) is 28.3. The first-order valence-corrected chi connectivity index (χ1v) is 14.1. The first kappa shape index (κ1) is 29.0. The van der Waals surface area contributed by atoms with E-state index in [1.54, 1.807) is 80.6 Å². The second kappa shape index (κ2) is 13.3. The maximum absolute atomic E-state index is 13.9. The van der Waals surface area contributed by atoms with Gasteiger partial charge in [0.25, 0.3) is 10.0 Å². The zero-order valence-corrected chi connectivity index (χ0v) is 23.2. The Bertz CT molecular complexity index is 1330. The predicted octanol–water partition coefficient (Wildman–Crippen LogP) is 4.49. The van der Waals surface area contributed by atoms with Gasteiger partial charge in [-0.2, -0.15) is 0 Å². The van der Waals surface area contributed by atoms with Crippen LogP contribution in [0.25, 0.3) is 0 Å². The Labute approximate surface area is 229 Å². The fraction of sp³-hybridized carbons (Fsp3) is 0.286. The van der Waals surface area contributed by atoms with E-state index < -0.39 is 28.5 Å². The molecule has 0 bridgehead atoms. The second-order valence-electron chi connectivity index (χ2n) is 8.45. The van der Waals surface area contributed by atoms with Gasteiger partial charge in [-0.15, -0.1) is 0 Å². The minimum absolute atomic E-state index is 0.0377. The molecule has 0 aromatic heterocycles. The molecule has 3 aromatic carbocycles. The molecule has 0 spiro atoms. The van der Waals surface area contributed by atoms with Crippen LogP contribution in [0.15, 0.2) is 83.8 Å². The van der Waals surface area contributed by atoms with Crippen LogP contribution in [0.1, 0.15) is 25.8 Å². The number of methoxy groups -OCH3 is 1. The van der Waals surface area contributed by atoms with Crippen LogP contribution in [0.5, 0.6) is 5.75 Å². The standard InChI is InChI=1S/C28H32ClN3O5S/c1-4-26(28(34)30-5-2)31(19-21-11-9-10-14-25(21)29)27(33)20-32(22-15-17-23(37-3)18-16-22)38(35,36)24-12-7-6-8-13-24/h6-18,26H,4-5,19-20H2,1-3H3,(H,30,34)/t26-/m0/s1. The van der Waals surface area contributed by atoms with Gasteiger partial charge in [0.1, 0.15) is 18.3 Å². The largest absolute Gasteiger partial charge is 0.497 e. The number of carbonyl (C=O) groups is 2. The van der Waals surface area contributed by atoms with Gasteiger partial charge in [-0.05, 0) is 61.4 Å². The topological polar surface area (TPSA) is 96.0 Å². The number of carbonyl (C=O) groups excluding carboxylic acids is 2. The van der Waals surface area contributed by atoms with E-state index in [0.29, 0.717) is 29.3 Å². The Morgan fingerprint density at radius 2 is 1.58 bits per heavy atom. The van der Waals surface area contributed by atoms with E-state index in [0.717, 1.165) is 4.31 Å². The second-order valence-corrected chi connectivity index (χ2v) is 10.7. The van der Waals surface area contributed by atoms with Gasteiger partial charge in [0.15, 0.2) is 0 Å². The van der Waals surface area contributed by atoms with Crippen molar-refractivity contribution in [1.82, 2.24) is 10.2 Å². The van der Waals surface area contributed by atoms with E-state index in [4.69, 9.17) is 16.3 Å². The molecule has 3 rings (SSSR count). The molecule has 0 radical (unpaired) electrons. The van der Waals surface area contributed by atoms with Gasteiger partial charge < -0.3 is 15.0 Å². The van der Waals surface area contributed by atoms with Crippen LogP contribution in [0.2, 0.25) is 5.02 Å². The minimum atomic E-state index is -4.13. The molecule has 0 unspecified atom stereocenters. The Morgan fingerprint density at radius 3 is 2.16 bits per heavy atom. The molecule has 10 heteroatoms. The number of hydrogen-bond acceptors (Lipinski definition) is 5. The number of halogens is 1. The summed E-state index contributed by atoms with van der Waals surface area (Å²) in [5, 5.41) is 3.22. The van der Waals surface area contributed by atoms with Crippen molar-refractivity contribution in [2.24, 2.45) is 0 Å². The van der Waals surface area contributed by atoms with Crippen LogP contribution >= 0.6 is 11.6 Å². The first-order valence-electron chi connectivity index (χ1n) is 12.2. The summed E-state index contributed by atoms with van der Waals surface area (Å²) in [7, 11) is -2.62. The summed E-state index contributed by atoms with van der Waals surface area (Å²) in [6.07, 6.45) is 0.329. The van der Waals surface area contributed by atoms with E-state index in [9.17, 15) is 18.0 Å². The zero-order valence-electron chi connectivity index (χ0n) is 21.6. The van der Waals surface area contributed by atoms with Gasteiger partial charge in [0, 0.05) is 18.1 Å². The third-order valence-corrected chi connectivity index (χ3v) is 8.16. The third-order valence-electron chi connectivity index (χ3n) is 6.01. The van der Waals surface area contributed by atoms with E-state index in [1.165, 1.54) is 24.1 Å². The Hall–Kier alpha value is -3.56. The van der Waals surface area contributed by atoms with Crippen LogP contribution in [0, 0.1) is 0 Å². The molecule has 0 aliphatic carbocycles. The first-order chi connectivity index (χ1) is 18.2. The van der Waals surface area contributed by atoms with Crippen molar-refractivity contribution < 1.29 is 22.7 Å². The molecule has 0 aliphatic heterocycles.